The highest BCUT2D eigenvalue weighted by Crippen LogP contribution is 2.31. The van der Waals surface area contributed by atoms with Crippen molar-refractivity contribution < 1.29 is 4.79 Å². The summed E-state index contributed by atoms with van der Waals surface area (Å²) >= 11 is 0. The third-order valence-electron chi connectivity index (χ3n) is 4.01. The largest absolute Gasteiger partial charge is 0.336 e. The zero-order chi connectivity index (χ0) is 13.1. The summed E-state index contributed by atoms with van der Waals surface area (Å²) in [6.45, 7) is 1.72. The van der Waals surface area contributed by atoms with Crippen LogP contribution in [0, 0.1) is 0 Å². The van der Waals surface area contributed by atoms with E-state index in [1.165, 1.54) is 18.4 Å². The zero-order valence-corrected chi connectivity index (χ0v) is 11.2. The van der Waals surface area contributed by atoms with Gasteiger partial charge in [-0.05, 0) is 43.4 Å². The van der Waals surface area contributed by atoms with Crippen molar-refractivity contribution in [3.63, 3.8) is 0 Å². The Labute approximate surface area is 114 Å². The number of likely N-dealkylation sites (tertiary alicyclic amines) is 1. The molecule has 0 spiro atoms. The molecule has 0 bridgehead atoms. The molecular weight excluding hydrogens is 238 g/mol. The average Bonchev–Trinajstić information content (AvgIpc) is 3.13. The second kappa shape index (κ2) is 5.70. The summed E-state index contributed by atoms with van der Waals surface area (Å²) in [5.41, 5.74) is 1.22. The molecule has 4 heteroatoms. The molecular formula is C15H21N3O. The predicted molar refractivity (Wildman–Crippen MR) is 73.6 cm³/mol. The van der Waals surface area contributed by atoms with Crippen LogP contribution in [0.1, 0.15) is 43.7 Å². The number of carbonyl (C=O) groups is 1. The lowest BCUT2D eigenvalue weighted by molar-refractivity contribution is -0.132. The molecule has 2 heterocycles. The van der Waals surface area contributed by atoms with Gasteiger partial charge in [0.1, 0.15) is 0 Å². The molecule has 1 amide bonds. The van der Waals surface area contributed by atoms with Gasteiger partial charge in [0.2, 0.25) is 5.91 Å². The number of nitrogens with zero attached hydrogens (tertiary/aromatic N) is 2. The van der Waals surface area contributed by atoms with E-state index < -0.39 is 0 Å². The van der Waals surface area contributed by atoms with E-state index in [1.807, 2.05) is 29.4 Å². The van der Waals surface area contributed by atoms with Gasteiger partial charge in [-0.3, -0.25) is 9.78 Å². The fraction of sp³-hybridized carbons (Fsp3) is 0.600. The first kappa shape index (κ1) is 12.6. The van der Waals surface area contributed by atoms with Crippen LogP contribution in [0.25, 0.3) is 0 Å². The Balaban J connectivity index is 1.57. The molecule has 1 N–H and O–H groups in total. The Bertz CT molecular complexity index is 430. The molecule has 0 radical (unpaired) electrons. The Kier molecular flexibility index (Phi) is 3.78. The Morgan fingerprint density at radius 3 is 2.84 bits per heavy atom. The molecule has 0 aromatic carbocycles. The van der Waals surface area contributed by atoms with Gasteiger partial charge in [0.15, 0.2) is 0 Å². The minimum absolute atomic E-state index is 0.261. The van der Waals surface area contributed by atoms with E-state index >= 15 is 0 Å². The minimum atomic E-state index is 0.261. The van der Waals surface area contributed by atoms with Crippen LogP contribution in [-0.2, 0) is 4.79 Å². The summed E-state index contributed by atoms with van der Waals surface area (Å²) in [5.74, 6) is 0.285. The van der Waals surface area contributed by atoms with Crippen LogP contribution in [0.5, 0.6) is 0 Å². The Morgan fingerprint density at radius 1 is 1.32 bits per heavy atom. The molecule has 1 atom stereocenters. The predicted octanol–water partition coefficient (Wildman–Crippen LogP) is 1.89. The van der Waals surface area contributed by atoms with Crippen molar-refractivity contribution in [2.24, 2.45) is 0 Å². The summed E-state index contributed by atoms with van der Waals surface area (Å²) in [4.78, 5) is 18.4. The van der Waals surface area contributed by atoms with Crippen molar-refractivity contribution in [3.05, 3.63) is 30.1 Å². The van der Waals surface area contributed by atoms with Crippen molar-refractivity contribution in [3.8, 4) is 0 Å². The summed E-state index contributed by atoms with van der Waals surface area (Å²) < 4.78 is 0. The molecule has 2 aliphatic rings. The van der Waals surface area contributed by atoms with Crippen LogP contribution in [0.15, 0.2) is 24.5 Å². The van der Waals surface area contributed by atoms with Gasteiger partial charge in [-0.25, -0.2) is 0 Å². The standard InChI is InChI=1S/C15H21N3O/c19-15(7-10-17-13-3-4-13)18-11-1-2-14(18)12-5-8-16-9-6-12/h5-6,8-9,13-14,17H,1-4,7,10-11H2. The maximum Gasteiger partial charge on any atom is 0.224 e. The first-order chi connectivity index (χ1) is 9.34. The lowest BCUT2D eigenvalue weighted by atomic mass is 10.1. The molecule has 3 rings (SSSR count). The summed E-state index contributed by atoms with van der Waals surface area (Å²) in [7, 11) is 0. The van der Waals surface area contributed by atoms with Crippen molar-refractivity contribution >= 4 is 5.91 Å². The summed E-state index contributed by atoms with van der Waals surface area (Å²) in [6.07, 6.45) is 8.98. The molecule has 1 unspecified atom stereocenters. The lowest BCUT2D eigenvalue weighted by Crippen LogP contribution is -2.33. The summed E-state index contributed by atoms with van der Waals surface area (Å²) in [6, 6.07) is 5.00. The van der Waals surface area contributed by atoms with E-state index in [-0.39, 0.29) is 11.9 Å². The molecule has 1 saturated carbocycles. The SMILES string of the molecule is O=C(CCNC1CC1)N1CCCC1c1ccncc1. The quantitative estimate of drug-likeness (QED) is 0.878. The number of aromatic nitrogens is 1. The molecule has 1 aliphatic heterocycles. The van der Waals surface area contributed by atoms with Crippen LogP contribution >= 0.6 is 0 Å². The number of pyridine rings is 1. The highest BCUT2D eigenvalue weighted by atomic mass is 16.2. The highest BCUT2D eigenvalue weighted by molar-refractivity contribution is 5.77. The zero-order valence-electron chi connectivity index (χ0n) is 11.2. The number of hydrogen-bond donors (Lipinski definition) is 1. The first-order valence-corrected chi connectivity index (χ1v) is 7.27. The minimum Gasteiger partial charge on any atom is -0.336 e. The maximum atomic E-state index is 12.3. The fourth-order valence-electron chi connectivity index (χ4n) is 2.81. The second-order valence-electron chi connectivity index (χ2n) is 5.50. The van der Waals surface area contributed by atoms with Crippen LogP contribution in [0.4, 0.5) is 0 Å². The smallest absolute Gasteiger partial charge is 0.224 e. The van der Waals surface area contributed by atoms with Crippen LogP contribution in [0.3, 0.4) is 0 Å². The normalized spacial score (nSPS) is 22.7. The van der Waals surface area contributed by atoms with Crippen LogP contribution < -0.4 is 5.32 Å². The molecule has 102 valence electrons. The van der Waals surface area contributed by atoms with Gasteiger partial charge in [-0.15, -0.1) is 0 Å². The van der Waals surface area contributed by atoms with E-state index in [9.17, 15) is 4.79 Å². The second-order valence-corrected chi connectivity index (χ2v) is 5.50. The van der Waals surface area contributed by atoms with E-state index in [4.69, 9.17) is 0 Å². The number of nitrogens with one attached hydrogen (secondary N) is 1. The van der Waals surface area contributed by atoms with Gasteiger partial charge in [-0.1, -0.05) is 0 Å². The van der Waals surface area contributed by atoms with Gasteiger partial charge in [0.05, 0.1) is 6.04 Å². The van der Waals surface area contributed by atoms with Crippen molar-refractivity contribution in [1.29, 1.82) is 0 Å². The molecule has 2 fully saturated rings. The van der Waals surface area contributed by atoms with Gasteiger partial charge in [-0.2, -0.15) is 0 Å². The van der Waals surface area contributed by atoms with E-state index in [0.717, 1.165) is 25.9 Å². The Hall–Kier alpha value is -1.42. The van der Waals surface area contributed by atoms with E-state index in [0.29, 0.717) is 12.5 Å². The van der Waals surface area contributed by atoms with E-state index in [2.05, 4.69) is 10.3 Å². The molecule has 1 aromatic rings. The molecule has 19 heavy (non-hydrogen) atoms. The summed E-state index contributed by atoms with van der Waals surface area (Å²) in [5, 5.41) is 3.41. The number of hydrogen-bond acceptors (Lipinski definition) is 3. The molecule has 1 aromatic heterocycles. The van der Waals surface area contributed by atoms with Crippen LogP contribution in [0.2, 0.25) is 0 Å². The van der Waals surface area contributed by atoms with Gasteiger partial charge in [0, 0.05) is 37.9 Å². The van der Waals surface area contributed by atoms with Crippen LogP contribution in [-0.4, -0.2) is 34.9 Å². The van der Waals surface area contributed by atoms with Gasteiger partial charge >= 0.3 is 0 Å². The van der Waals surface area contributed by atoms with Crippen molar-refractivity contribution in [2.45, 2.75) is 44.2 Å². The maximum absolute atomic E-state index is 12.3. The fourth-order valence-corrected chi connectivity index (χ4v) is 2.81. The molecule has 1 aliphatic carbocycles. The number of carbonyl (C=O) groups excluding carboxylic acids is 1. The lowest BCUT2D eigenvalue weighted by Gasteiger charge is -2.25. The van der Waals surface area contributed by atoms with Crippen molar-refractivity contribution in [2.75, 3.05) is 13.1 Å². The van der Waals surface area contributed by atoms with Crippen molar-refractivity contribution in [1.82, 2.24) is 15.2 Å². The third-order valence-corrected chi connectivity index (χ3v) is 4.01. The third kappa shape index (κ3) is 3.13. The number of rotatable bonds is 5. The van der Waals surface area contributed by atoms with E-state index in [1.54, 1.807) is 0 Å². The van der Waals surface area contributed by atoms with Gasteiger partial charge in [0.25, 0.3) is 0 Å². The molecule has 1 saturated heterocycles. The van der Waals surface area contributed by atoms with Gasteiger partial charge < -0.3 is 10.2 Å². The number of amides is 1. The Morgan fingerprint density at radius 2 is 2.11 bits per heavy atom. The first-order valence-electron chi connectivity index (χ1n) is 7.27. The topological polar surface area (TPSA) is 45.2 Å². The molecule has 4 nitrogen and oxygen atoms in total. The average molecular weight is 259 g/mol. The highest BCUT2D eigenvalue weighted by Gasteiger charge is 2.29. The monoisotopic (exact) mass is 259 g/mol.